The number of likely N-dealkylation sites (tertiary alicyclic amines) is 1. The van der Waals surface area contributed by atoms with Crippen molar-refractivity contribution < 1.29 is 13.9 Å². The van der Waals surface area contributed by atoms with Crippen molar-refractivity contribution >= 4 is 5.91 Å². The van der Waals surface area contributed by atoms with E-state index in [1.165, 1.54) is 6.07 Å². The topological polar surface area (TPSA) is 32.8 Å². The third-order valence-electron chi connectivity index (χ3n) is 5.28. The van der Waals surface area contributed by atoms with Crippen LogP contribution in [0.25, 0.3) is 0 Å². The van der Waals surface area contributed by atoms with E-state index in [1.807, 2.05) is 4.90 Å². The van der Waals surface area contributed by atoms with Crippen LogP contribution < -0.4 is 0 Å². The summed E-state index contributed by atoms with van der Waals surface area (Å²) in [6.07, 6.45) is 1.96. The molecule has 0 saturated carbocycles. The number of hydrogen-bond donors (Lipinski definition) is 0. The summed E-state index contributed by atoms with van der Waals surface area (Å²) in [4.78, 5) is 16.8. The maximum Gasteiger partial charge on any atom is 0.256 e. The Labute approximate surface area is 137 Å². The molecule has 3 rings (SSSR count). The van der Waals surface area contributed by atoms with Crippen molar-refractivity contribution in [3.05, 3.63) is 35.6 Å². The Balaban J connectivity index is 1.82. The third-order valence-corrected chi connectivity index (χ3v) is 5.28. The molecule has 1 atom stereocenters. The average molecular weight is 320 g/mol. The number of ether oxygens (including phenoxy) is 1. The summed E-state index contributed by atoms with van der Waals surface area (Å²) < 4.78 is 19.5. The molecule has 0 aliphatic carbocycles. The fourth-order valence-electron chi connectivity index (χ4n) is 4.03. The van der Waals surface area contributed by atoms with Gasteiger partial charge in [0.1, 0.15) is 5.82 Å². The van der Waals surface area contributed by atoms with E-state index in [1.54, 1.807) is 18.2 Å². The molecule has 2 fully saturated rings. The van der Waals surface area contributed by atoms with Crippen molar-refractivity contribution in [2.24, 2.45) is 11.3 Å². The van der Waals surface area contributed by atoms with Gasteiger partial charge < -0.3 is 14.5 Å². The quantitative estimate of drug-likeness (QED) is 0.856. The predicted molar refractivity (Wildman–Crippen MR) is 86.8 cm³/mol. The minimum Gasteiger partial charge on any atom is -0.381 e. The second-order valence-electron chi connectivity index (χ2n) is 7.10. The molecular formula is C18H25FN2O2. The van der Waals surface area contributed by atoms with Crippen molar-refractivity contribution in [2.75, 3.05) is 46.9 Å². The molecule has 2 aliphatic heterocycles. The van der Waals surface area contributed by atoms with Crippen LogP contribution in [0.15, 0.2) is 24.3 Å². The number of amides is 1. The van der Waals surface area contributed by atoms with Crippen LogP contribution in [0.3, 0.4) is 0 Å². The molecule has 1 unspecified atom stereocenters. The van der Waals surface area contributed by atoms with Gasteiger partial charge in [-0.1, -0.05) is 12.1 Å². The zero-order valence-corrected chi connectivity index (χ0v) is 13.9. The Hall–Kier alpha value is -1.46. The molecule has 0 N–H and O–H groups in total. The number of benzene rings is 1. The fourth-order valence-corrected chi connectivity index (χ4v) is 4.03. The van der Waals surface area contributed by atoms with Crippen molar-refractivity contribution in [1.82, 2.24) is 9.80 Å². The van der Waals surface area contributed by atoms with Crippen LogP contribution in [0.5, 0.6) is 0 Å². The first kappa shape index (κ1) is 16.4. The van der Waals surface area contributed by atoms with E-state index in [9.17, 15) is 9.18 Å². The van der Waals surface area contributed by atoms with Gasteiger partial charge in [0.05, 0.1) is 5.56 Å². The second-order valence-corrected chi connectivity index (χ2v) is 7.10. The largest absolute Gasteiger partial charge is 0.381 e. The molecule has 1 spiro atoms. The lowest BCUT2D eigenvalue weighted by molar-refractivity contribution is -0.00453. The van der Waals surface area contributed by atoms with Gasteiger partial charge >= 0.3 is 0 Å². The van der Waals surface area contributed by atoms with Gasteiger partial charge in [-0.25, -0.2) is 4.39 Å². The van der Waals surface area contributed by atoms with Crippen LogP contribution >= 0.6 is 0 Å². The normalized spacial score (nSPS) is 23.7. The monoisotopic (exact) mass is 320 g/mol. The summed E-state index contributed by atoms with van der Waals surface area (Å²) in [6.45, 7) is 3.87. The molecule has 2 saturated heterocycles. The molecule has 1 amide bonds. The summed E-state index contributed by atoms with van der Waals surface area (Å²) in [5, 5.41) is 0. The number of halogens is 1. The van der Waals surface area contributed by atoms with E-state index in [4.69, 9.17) is 4.74 Å². The highest BCUT2D eigenvalue weighted by molar-refractivity contribution is 5.94. The SMILES string of the molecule is CN(C)CC1CN(C(=O)c2ccccc2F)CC12CCOCC2. The summed E-state index contributed by atoms with van der Waals surface area (Å²) in [5.74, 6) is -0.207. The number of rotatable bonds is 3. The molecule has 4 nitrogen and oxygen atoms in total. The molecule has 5 heteroatoms. The van der Waals surface area contributed by atoms with Crippen LogP contribution in [0.2, 0.25) is 0 Å². The van der Waals surface area contributed by atoms with Crippen LogP contribution in [-0.4, -0.2) is 62.7 Å². The van der Waals surface area contributed by atoms with Crippen molar-refractivity contribution in [3.8, 4) is 0 Å². The molecule has 2 heterocycles. The highest BCUT2D eigenvalue weighted by Gasteiger charge is 2.48. The smallest absolute Gasteiger partial charge is 0.256 e. The van der Waals surface area contributed by atoms with Gasteiger partial charge in [-0.2, -0.15) is 0 Å². The van der Waals surface area contributed by atoms with E-state index in [0.29, 0.717) is 19.0 Å². The molecular weight excluding hydrogens is 295 g/mol. The first-order chi connectivity index (χ1) is 11.0. The van der Waals surface area contributed by atoms with Gasteiger partial charge in [-0.3, -0.25) is 4.79 Å². The summed E-state index contributed by atoms with van der Waals surface area (Å²) in [7, 11) is 4.13. The van der Waals surface area contributed by atoms with E-state index in [0.717, 1.165) is 32.6 Å². The lowest BCUT2D eigenvalue weighted by Gasteiger charge is -2.38. The van der Waals surface area contributed by atoms with Crippen molar-refractivity contribution in [3.63, 3.8) is 0 Å². The molecule has 1 aromatic rings. The summed E-state index contributed by atoms with van der Waals surface area (Å²) >= 11 is 0. The predicted octanol–water partition coefficient (Wildman–Crippen LogP) is 2.26. The number of nitrogens with zero attached hydrogens (tertiary/aromatic N) is 2. The number of carbonyl (C=O) groups is 1. The fraction of sp³-hybridized carbons (Fsp3) is 0.611. The van der Waals surface area contributed by atoms with Crippen molar-refractivity contribution in [1.29, 1.82) is 0 Å². The van der Waals surface area contributed by atoms with Crippen LogP contribution in [-0.2, 0) is 4.74 Å². The average Bonchev–Trinajstić information content (AvgIpc) is 2.85. The van der Waals surface area contributed by atoms with Gasteiger partial charge in [0.2, 0.25) is 0 Å². The Morgan fingerprint density at radius 3 is 2.70 bits per heavy atom. The van der Waals surface area contributed by atoms with Gasteiger partial charge in [0, 0.05) is 32.8 Å². The Morgan fingerprint density at radius 1 is 1.35 bits per heavy atom. The van der Waals surface area contributed by atoms with Gasteiger partial charge in [0.15, 0.2) is 0 Å². The van der Waals surface area contributed by atoms with E-state index < -0.39 is 5.82 Å². The summed E-state index contributed by atoms with van der Waals surface area (Å²) in [5.41, 5.74) is 0.295. The van der Waals surface area contributed by atoms with Crippen LogP contribution in [0.1, 0.15) is 23.2 Å². The van der Waals surface area contributed by atoms with Crippen LogP contribution in [0, 0.1) is 17.2 Å². The molecule has 0 aromatic heterocycles. The molecule has 23 heavy (non-hydrogen) atoms. The van der Waals surface area contributed by atoms with E-state index >= 15 is 0 Å². The van der Waals surface area contributed by atoms with Gasteiger partial charge in [-0.15, -0.1) is 0 Å². The molecule has 1 aromatic carbocycles. The first-order valence-electron chi connectivity index (χ1n) is 8.28. The maximum atomic E-state index is 14.0. The Kier molecular flexibility index (Phi) is 4.69. The molecule has 2 aliphatic rings. The zero-order valence-electron chi connectivity index (χ0n) is 13.9. The molecule has 0 radical (unpaired) electrons. The van der Waals surface area contributed by atoms with Crippen LogP contribution in [0.4, 0.5) is 4.39 Å². The lowest BCUT2D eigenvalue weighted by Crippen LogP contribution is -2.40. The highest BCUT2D eigenvalue weighted by Crippen LogP contribution is 2.44. The van der Waals surface area contributed by atoms with E-state index in [-0.39, 0.29) is 16.9 Å². The van der Waals surface area contributed by atoms with E-state index in [2.05, 4.69) is 19.0 Å². The first-order valence-corrected chi connectivity index (χ1v) is 8.28. The third kappa shape index (κ3) is 3.26. The summed E-state index contributed by atoms with van der Waals surface area (Å²) in [6, 6.07) is 6.26. The Morgan fingerprint density at radius 2 is 2.04 bits per heavy atom. The molecule has 0 bridgehead atoms. The molecule has 126 valence electrons. The minimum absolute atomic E-state index is 0.115. The minimum atomic E-state index is -0.436. The Bertz CT molecular complexity index is 570. The number of hydrogen-bond acceptors (Lipinski definition) is 3. The zero-order chi connectivity index (χ0) is 16.4. The van der Waals surface area contributed by atoms with Gasteiger partial charge in [-0.05, 0) is 50.4 Å². The standard InChI is InChI=1S/C18H25FN2O2/c1-20(2)11-14-12-21(13-18(14)7-9-23-10-8-18)17(22)15-5-3-4-6-16(15)19/h3-6,14H,7-13H2,1-2H3. The maximum absolute atomic E-state index is 14.0. The van der Waals surface area contributed by atoms with Crippen molar-refractivity contribution in [2.45, 2.75) is 12.8 Å². The lowest BCUT2D eigenvalue weighted by atomic mass is 9.72. The van der Waals surface area contributed by atoms with Gasteiger partial charge in [0.25, 0.3) is 5.91 Å². The highest BCUT2D eigenvalue weighted by atomic mass is 19.1. The second kappa shape index (κ2) is 6.57. The number of carbonyl (C=O) groups excluding carboxylic acids is 1.